The van der Waals surface area contributed by atoms with Crippen LogP contribution in [0.5, 0.6) is 5.75 Å². The maximum atomic E-state index is 10.7. The lowest BCUT2D eigenvalue weighted by Crippen LogP contribution is -2.48. The Bertz CT molecular complexity index is 566. The van der Waals surface area contributed by atoms with Crippen LogP contribution in [0.15, 0.2) is 35.3 Å². The van der Waals surface area contributed by atoms with E-state index in [1.807, 2.05) is 44.2 Å². The summed E-state index contributed by atoms with van der Waals surface area (Å²) in [6, 6.07) is 9.87. The van der Waals surface area contributed by atoms with Gasteiger partial charge in [-0.1, -0.05) is 18.2 Å². The molecular weight excluding hydrogens is 483 g/mol. The molecule has 3 N–H and O–H groups in total. The first-order chi connectivity index (χ1) is 13.6. The van der Waals surface area contributed by atoms with Crippen molar-refractivity contribution in [2.75, 3.05) is 59.1 Å². The van der Waals surface area contributed by atoms with Crippen molar-refractivity contribution in [3.63, 3.8) is 0 Å². The fourth-order valence-corrected chi connectivity index (χ4v) is 3.02. The lowest BCUT2D eigenvalue weighted by atomic mass is 10.1. The second-order valence-electron chi connectivity index (χ2n) is 7.38. The van der Waals surface area contributed by atoms with Crippen LogP contribution in [-0.4, -0.2) is 80.7 Å². The molecule has 7 nitrogen and oxygen atoms in total. The van der Waals surface area contributed by atoms with Crippen molar-refractivity contribution in [3.05, 3.63) is 30.3 Å². The summed E-state index contributed by atoms with van der Waals surface area (Å²) in [5, 5.41) is 17.2. The number of β-amino-alcohol motifs (C(OH)–C–C–N with tert-alkyl or cyclic N) is 1. The monoisotopic (exact) mass is 520 g/mol. The number of guanidine groups is 1. The minimum absolute atomic E-state index is 0. The van der Waals surface area contributed by atoms with E-state index >= 15 is 0 Å². The first-order valence-electron chi connectivity index (χ1n) is 10.3. The maximum absolute atomic E-state index is 10.7. The van der Waals surface area contributed by atoms with Crippen LogP contribution in [0.2, 0.25) is 0 Å². The van der Waals surface area contributed by atoms with Gasteiger partial charge in [0.25, 0.3) is 0 Å². The molecule has 1 atom stereocenters. The number of ether oxygens (including phenoxy) is 2. The Balaban J connectivity index is 0.00000420. The standard InChI is InChI=1S/C21H36N4O3.HI/c1-3-22-20(23-11-7-8-14-28-19-9-5-4-6-10-19)24-17-21(2,26)18-25-12-15-27-16-13-25;/h4-6,9-10,26H,3,7-8,11-18H2,1-2H3,(H2,22,23,24);1H. The van der Waals surface area contributed by atoms with E-state index in [4.69, 9.17) is 9.47 Å². The van der Waals surface area contributed by atoms with E-state index in [9.17, 15) is 5.11 Å². The average Bonchev–Trinajstić information content (AvgIpc) is 2.70. The zero-order valence-corrected chi connectivity index (χ0v) is 20.1. The summed E-state index contributed by atoms with van der Waals surface area (Å²) < 4.78 is 11.1. The molecule has 0 radical (unpaired) electrons. The fraction of sp³-hybridized carbons (Fsp3) is 0.667. The van der Waals surface area contributed by atoms with Gasteiger partial charge in [-0.3, -0.25) is 9.89 Å². The number of morpholine rings is 1. The molecule has 1 aromatic carbocycles. The zero-order valence-electron chi connectivity index (χ0n) is 17.7. The molecule has 2 rings (SSSR count). The van der Waals surface area contributed by atoms with Crippen molar-refractivity contribution < 1.29 is 14.6 Å². The summed E-state index contributed by atoms with van der Waals surface area (Å²) >= 11 is 0. The second kappa shape index (κ2) is 14.8. The molecule has 0 bridgehead atoms. The third-order valence-corrected chi connectivity index (χ3v) is 4.47. The highest BCUT2D eigenvalue weighted by atomic mass is 127. The van der Waals surface area contributed by atoms with Crippen molar-refractivity contribution in [1.29, 1.82) is 0 Å². The van der Waals surface area contributed by atoms with E-state index < -0.39 is 5.60 Å². The van der Waals surface area contributed by atoms with Gasteiger partial charge >= 0.3 is 0 Å². The smallest absolute Gasteiger partial charge is 0.191 e. The third-order valence-electron chi connectivity index (χ3n) is 4.47. The normalized spacial score (nSPS) is 17.1. The molecule has 0 saturated carbocycles. The number of aliphatic hydroxyl groups is 1. The number of halogens is 1. The van der Waals surface area contributed by atoms with Gasteiger partial charge in [0, 0.05) is 32.7 Å². The number of unbranched alkanes of at least 4 members (excludes halogenated alkanes) is 1. The number of aliphatic imine (C=N–C) groups is 1. The number of rotatable bonds is 11. The van der Waals surface area contributed by atoms with Crippen molar-refractivity contribution in [2.45, 2.75) is 32.3 Å². The molecule has 1 aromatic rings. The largest absolute Gasteiger partial charge is 0.494 e. The number of nitrogens with zero attached hydrogens (tertiary/aromatic N) is 2. The Morgan fingerprint density at radius 1 is 1.21 bits per heavy atom. The van der Waals surface area contributed by atoms with Crippen LogP contribution < -0.4 is 15.4 Å². The molecule has 0 spiro atoms. The topological polar surface area (TPSA) is 78.4 Å². The Hall–Kier alpha value is -1.10. The van der Waals surface area contributed by atoms with E-state index in [0.717, 1.165) is 63.9 Å². The van der Waals surface area contributed by atoms with Crippen LogP contribution in [0.4, 0.5) is 0 Å². The number of hydrogen-bond acceptors (Lipinski definition) is 5. The van der Waals surface area contributed by atoms with E-state index in [1.165, 1.54) is 0 Å². The summed E-state index contributed by atoms with van der Waals surface area (Å²) in [7, 11) is 0. The molecule has 1 saturated heterocycles. The molecule has 1 aliphatic rings. The van der Waals surface area contributed by atoms with Gasteiger partial charge in [-0.05, 0) is 38.8 Å². The summed E-state index contributed by atoms with van der Waals surface area (Å²) in [6.07, 6.45) is 1.96. The van der Waals surface area contributed by atoms with Crippen molar-refractivity contribution in [1.82, 2.24) is 15.5 Å². The minimum atomic E-state index is -0.858. The van der Waals surface area contributed by atoms with Crippen molar-refractivity contribution in [2.24, 2.45) is 4.99 Å². The lowest BCUT2D eigenvalue weighted by molar-refractivity contribution is -0.0179. The second-order valence-corrected chi connectivity index (χ2v) is 7.38. The highest BCUT2D eigenvalue weighted by Crippen LogP contribution is 2.10. The van der Waals surface area contributed by atoms with Crippen LogP contribution in [0.3, 0.4) is 0 Å². The Morgan fingerprint density at radius 3 is 2.62 bits per heavy atom. The molecule has 1 fully saturated rings. The number of para-hydroxylation sites is 1. The van der Waals surface area contributed by atoms with E-state index in [1.54, 1.807) is 0 Å². The molecule has 0 aliphatic carbocycles. The molecule has 1 aliphatic heterocycles. The molecule has 8 heteroatoms. The van der Waals surface area contributed by atoms with Crippen LogP contribution >= 0.6 is 24.0 Å². The molecule has 1 heterocycles. The van der Waals surface area contributed by atoms with Crippen LogP contribution in [0.25, 0.3) is 0 Å². The predicted octanol–water partition coefficient (Wildman–Crippen LogP) is 2.10. The van der Waals surface area contributed by atoms with Crippen LogP contribution in [0, 0.1) is 0 Å². The highest BCUT2D eigenvalue weighted by Gasteiger charge is 2.25. The zero-order chi connectivity index (χ0) is 20.1. The quantitative estimate of drug-likeness (QED) is 0.180. The van der Waals surface area contributed by atoms with Gasteiger partial charge in [0.1, 0.15) is 5.75 Å². The summed E-state index contributed by atoms with van der Waals surface area (Å²) in [6.45, 7) is 10.3. The van der Waals surface area contributed by atoms with Gasteiger partial charge in [-0.2, -0.15) is 0 Å². The third kappa shape index (κ3) is 11.6. The Kier molecular flexibility index (Phi) is 13.2. The minimum Gasteiger partial charge on any atom is -0.494 e. The van der Waals surface area contributed by atoms with E-state index in [0.29, 0.717) is 19.7 Å². The van der Waals surface area contributed by atoms with Gasteiger partial charge in [0.05, 0.1) is 32.0 Å². The fourth-order valence-electron chi connectivity index (χ4n) is 3.02. The molecule has 166 valence electrons. The number of nitrogens with one attached hydrogen (secondary N) is 2. The van der Waals surface area contributed by atoms with Crippen LogP contribution in [-0.2, 0) is 4.74 Å². The molecule has 29 heavy (non-hydrogen) atoms. The maximum Gasteiger partial charge on any atom is 0.191 e. The van der Waals surface area contributed by atoms with Crippen molar-refractivity contribution in [3.8, 4) is 5.75 Å². The summed E-state index contributed by atoms with van der Waals surface area (Å²) in [5.74, 6) is 1.65. The van der Waals surface area contributed by atoms with E-state index in [2.05, 4.69) is 20.5 Å². The van der Waals surface area contributed by atoms with Gasteiger partial charge in [0.2, 0.25) is 0 Å². The SMILES string of the molecule is CCNC(=NCC(C)(O)CN1CCOCC1)NCCCCOc1ccccc1.I. The number of hydrogen-bond donors (Lipinski definition) is 3. The average molecular weight is 520 g/mol. The van der Waals surface area contributed by atoms with Gasteiger partial charge in [-0.15, -0.1) is 24.0 Å². The Morgan fingerprint density at radius 2 is 1.93 bits per heavy atom. The first kappa shape index (κ1) is 25.9. The molecular formula is C21H37IN4O3. The van der Waals surface area contributed by atoms with Gasteiger partial charge in [0.15, 0.2) is 5.96 Å². The highest BCUT2D eigenvalue weighted by molar-refractivity contribution is 14.0. The number of benzene rings is 1. The molecule has 0 aromatic heterocycles. The van der Waals surface area contributed by atoms with Gasteiger partial charge in [-0.25, -0.2) is 0 Å². The van der Waals surface area contributed by atoms with Crippen molar-refractivity contribution >= 4 is 29.9 Å². The first-order valence-corrected chi connectivity index (χ1v) is 10.3. The molecule has 1 unspecified atom stereocenters. The Labute approximate surface area is 192 Å². The summed E-state index contributed by atoms with van der Waals surface area (Å²) in [4.78, 5) is 6.80. The predicted molar refractivity (Wildman–Crippen MR) is 128 cm³/mol. The molecule has 0 amide bonds. The van der Waals surface area contributed by atoms with E-state index in [-0.39, 0.29) is 24.0 Å². The lowest BCUT2D eigenvalue weighted by Gasteiger charge is -2.33. The van der Waals surface area contributed by atoms with Gasteiger partial charge < -0.3 is 25.2 Å². The van der Waals surface area contributed by atoms with Crippen LogP contribution in [0.1, 0.15) is 26.7 Å². The summed E-state index contributed by atoms with van der Waals surface area (Å²) in [5.41, 5.74) is -0.858.